The Bertz CT molecular complexity index is 588. The zero-order valence-electron chi connectivity index (χ0n) is 12.8. The van der Waals surface area contributed by atoms with Gasteiger partial charge in [-0.15, -0.1) is 0 Å². The number of rotatable bonds is 3. The molecule has 0 saturated heterocycles. The van der Waals surface area contributed by atoms with Crippen molar-refractivity contribution in [2.24, 2.45) is 0 Å². The first kappa shape index (κ1) is 14.2. The van der Waals surface area contributed by atoms with Crippen LogP contribution in [-0.4, -0.2) is 33.8 Å². The molecule has 5 heteroatoms. The average Bonchev–Trinajstić information content (AvgIpc) is 3.17. The van der Waals surface area contributed by atoms with Gasteiger partial charge in [-0.25, -0.2) is 4.98 Å². The van der Waals surface area contributed by atoms with Gasteiger partial charge in [0.15, 0.2) is 0 Å². The third-order valence-electron chi connectivity index (χ3n) is 4.93. The van der Waals surface area contributed by atoms with E-state index in [1.54, 1.807) is 0 Å². The van der Waals surface area contributed by atoms with Crippen molar-refractivity contribution in [1.29, 1.82) is 0 Å². The molecule has 1 fully saturated rings. The van der Waals surface area contributed by atoms with E-state index >= 15 is 0 Å². The van der Waals surface area contributed by atoms with Gasteiger partial charge in [-0.3, -0.25) is 0 Å². The number of nitrogens with zero attached hydrogens (tertiary/aromatic N) is 2. The number of hydrogen-bond donors (Lipinski definition) is 2. The highest BCUT2D eigenvalue weighted by atomic mass is 16.5. The Morgan fingerprint density at radius 1 is 1.14 bits per heavy atom. The van der Waals surface area contributed by atoms with E-state index in [1.807, 2.05) is 0 Å². The first-order valence-electron chi connectivity index (χ1n) is 8.44. The molecule has 5 nitrogen and oxygen atoms in total. The smallest absolute Gasteiger partial charge is 0.220 e. The summed E-state index contributed by atoms with van der Waals surface area (Å²) in [6.07, 6.45) is 10.7. The number of ether oxygens (including phenoxy) is 1. The largest absolute Gasteiger partial charge is 0.471 e. The van der Waals surface area contributed by atoms with Crippen LogP contribution in [0.3, 0.4) is 0 Å². The molecule has 22 heavy (non-hydrogen) atoms. The number of aliphatic hydroxyl groups excluding tert-OH is 1. The molecule has 2 heterocycles. The van der Waals surface area contributed by atoms with E-state index in [4.69, 9.17) is 14.7 Å². The maximum atomic E-state index is 10.0. The van der Waals surface area contributed by atoms with Crippen LogP contribution in [0.25, 0.3) is 0 Å². The van der Waals surface area contributed by atoms with Crippen LogP contribution in [0.1, 0.15) is 55.2 Å². The fourth-order valence-corrected chi connectivity index (χ4v) is 3.66. The van der Waals surface area contributed by atoms with Crippen molar-refractivity contribution in [3.8, 4) is 5.88 Å². The quantitative estimate of drug-likeness (QED) is 0.834. The summed E-state index contributed by atoms with van der Waals surface area (Å²) in [5.74, 6) is 1.56. The van der Waals surface area contributed by atoms with E-state index in [-0.39, 0.29) is 18.2 Å². The predicted octanol–water partition coefficient (Wildman–Crippen LogP) is 1.85. The van der Waals surface area contributed by atoms with Crippen molar-refractivity contribution in [1.82, 2.24) is 15.3 Å². The van der Waals surface area contributed by atoms with Gasteiger partial charge in [-0.05, 0) is 44.9 Å². The maximum Gasteiger partial charge on any atom is 0.220 e. The van der Waals surface area contributed by atoms with E-state index in [0.717, 1.165) is 74.5 Å². The van der Waals surface area contributed by atoms with Crippen LogP contribution in [0.5, 0.6) is 5.88 Å². The van der Waals surface area contributed by atoms with Crippen LogP contribution >= 0.6 is 0 Å². The van der Waals surface area contributed by atoms with E-state index in [2.05, 4.69) is 17.5 Å². The summed E-state index contributed by atoms with van der Waals surface area (Å²) in [5.41, 5.74) is 2.30. The average molecular weight is 301 g/mol. The van der Waals surface area contributed by atoms with Gasteiger partial charge in [-0.1, -0.05) is 12.2 Å². The molecule has 1 aromatic rings. The summed E-state index contributed by atoms with van der Waals surface area (Å²) in [7, 11) is 0. The number of aromatic nitrogens is 2. The van der Waals surface area contributed by atoms with Crippen molar-refractivity contribution < 1.29 is 9.84 Å². The Morgan fingerprint density at radius 3 is 2.86 bits per heavy atom. The highest BCUT2D eigenvalue weighted by Crippen LogP contribution is 2.33. The zero-order chi connectivity index (χ0) is 14.9. The summed E-state index contributed by atoms with van der Waals surface area (Å²) < 4.78 is 6.12. The van der Waals surface area contributed by atoms with Gasteiger partial charge in [0.2, 0.25) is 5.88 Å². The lowest BCUT2D eigenvalue weighted by Crippen LogP contribution is -2.29. The molecule has 0 spiro atoms. The standard InChI is InChI=1S/C17H23N3O2/c21-14-8-4-9-15(14)22-17-11-5-3-7-12(11)19-16(20-17)13-6-1-2-10-18-13/h1-2,13-15,18,21H,3-10H2. The molecule has 1 saturated carbocycles. The first-order valence-corrected chi connectivity index (χ1v) is 8.44. The van der Waals surface area contributed by atoms with Crippen molar-refractivity contribution in [2.75, 3.05) is 6.54 Å². The molecule has 0 radical (unpaired) electrons. The minimum atomic E-state index is -0.355. The molecule has 0 aromatic carbocycles. The third-order valence-corrected chi connectivity index (χ3v) is 4.93. The summed E-state index contributed by atoms with van der Waals surface area (Å²) in [4.78, 5) is 9.51. The lowest BCUT2D eigenvalue weighted by Gasteiger charge is -2.22. The maximum absolute atomic E-state index is 10.0. The predicted molar refractivity (Wildman–Crippen MR) is 82.8 cm³/mol. The molecule has 2 aliphatic carbocycles. The van der Waals surface area contributed by atoms with Crippen LogP contribution in [0, 0.1) is 0 Å². The van der Waals surface area contributed by atoms with E-state index in [1.165, 1.54) is 0 Å². The normalized spacial score (nSPS) is 30.5. The van der Waals surface area contributed by atoms with Crippen LogP contribution in [0.2, 0.25) is 0 Å². The second-order valence-corrected chi connectivity index (χ2v) is 6.49. The Balaban J connectivity index is 1.64. The molecule has 4 rings (SSSR count). The van der Waals surface area contributed by atoms with Crippen molar-refractivity contribution in [2.45, 2.75) is 63.2 Å². The van der Waals surface area contributed by atoms with Gasteiger partial charge in [0, 0.05) is 12.1 Å². The molecular formula is C17H23N3O2. The van der Waals surface area contributed by atoms with Crippen molar-refractivity contribution in [3.63, 3.8) is 0 Å². The van der Waals surface area contributed by atoms with Gasteiger partial charge in [0.05, 0.1) is 17.8 Å². The van der Waals surface area contributed by atoms with Crippen LogP contribution < -0.4 is 10.1 Å². The Labute approximate surface area is 130 Å². The summed E-state index contributed by atoms with van der Waals surface area (Å²) in [6, 6.07) is 0.173. The first-order chi connectivity index (χ1) is 10.8. The third kappa shape index (κ3) is 2.63. The van der Waals surface area contributed by atoms with Gasteiger partial charge in [0.25, 0.3) is 0 Å². The fourth-order valence-electron chi connectivity index (χ4n) is 3.66. The molecule has 3 unspecified atom stereocenters. The molecule has 0 bridgehead atoms. The van der Waals surface area contributed by atoms with Gasteiger partial charge >= 0.3 is 0 Å². The van der Waals surface area contributed by atoms with E-state index in [0.29, 0.717) is 0 Å². The topological polar surface area (TPSA) is 67.3 Å². The highest BCUT2D eigenvalue weighted by Gasteiger charge is 2.30. The molecule has 0 amide bonds. The zero-order valence-corrected chi connectivity index (χ0v) is 12.8. The molecule has 2 N–H and O–H groups in total. The molecule has 1 aromatic heterocycles. The number of aliphatic hydroxyl groups is 1. The Kier molecular flexibility index (Phi) is 3.84. The number of fused-ring (bicyclic) bond motifs is 1. The highest BCUT2D eigenvalue weighted by molar-refractivity contribution is 5.35. The summed E-state index contributed by atoms with van der Waals surface area (Å²) in [5, 5.41) is 13.5. The monoisotopic (exact) mass is 301 g/mol. The fraction of sp³-hybridized carbons (Fsp3) is 0.647. The van der Waals surface area contributed by atoms with Crippen LogP contribution in [0.4, 0.5) is 0 Å². The summed E-state index contributed by atoms with van der Waals surface area (Å²) >= 11 is 0. The lowest BCUT2D eigenvalue weighted by molar-refractivity contribution is 0.0564. The van der Waals surface area contributed by atoms with Gasteiger partial charge in [-0.2, -0.15) is 4.98 Å². The SMILES string of the molecule is OC1CCCC1Oc1nc(C2CC=CCN2)nc2c1CCC2. The van der Waals surface area contributed by atoms with Gasteiger partial charge in [0.1, 0.15) is 11.9 Å². The van der Waals surface area contributed by atoms with Crippen molar-refractivity contribution >= 4 is 0 Å². The minimum absolute atomic E-state index is 0.105. The second-order valence-electron chi connectivity index (χ2n) is 6.49. The molecule has 1 aliphatic heterocycles. The lowest BCUT2D eigenvalue weighted by atomic mass is 10.1. The Morgan fingerprint density at radius 2 is 2.09 bits per heavy atom. The second kappa shape index (κ2) is 5.97. The minimum Gasteiger partial charge on any atom is -0.471 e. The molecule has 3 aliphatic rings. The van der Waals surface area contributed by atoms with Gasteiger partial charge < -0.3 is 15.2 Å². The molecular weight excluding hydrogens is 278 g/mol. The number of hydrogen-bond acceptors (Lipinski definition) is 5. The Hall–Kier alpha value is -1.46. The molecule has 118 valence electrons. The van der Waals surface area contributed by atoms with Crippen LogP contribution in [-0.2, 0) is 12.8 Å². The number of aryl methyl sites for hydroxylation is 1. The molecule has 3 atom stereocenters. The van der Waals surface area contributed by atoms with Crippen molar-refractivity contribution in [3.05, 3.63) is 29.2 Å². The number of nitrogens with one attached hydrogen (secondary N) is 1. The van der Waals surface area contributed by atoms with E-state index in [9.17, 15) is 5.11 Å². The summed E-state index contributed by atoms with van der Waals surface area (Å²) in [6.45, 7) is 0.864. The van der Waals surface area contributed by atoms with Crippen LogP contribution in [0.15, 0.2) is 12.2 Å². The van der Waals surface area contributed by atoms with E-state index < -0.39 is 0 Å².